The molecule has 2 heterocycles. The van der Waals surface area contributed by atoms with E-state index in [0.29, 0.717) is 47.8 Å². The summed E-state index contributed by atoms with van der Waals surface area (Å²) in [4.78, 5) is 18.8. The summed E-state index contributed by atoms with van der Waals surface area (Å²) < 4.78 is 22.7. The third-order valence-corrected chi connectivity index (χ3v) is 6.74. The summed E-state index contributed by atoms with van der Waals surface area (Å²) in [5, 5.41) is 11.2. The van der Waals surface area contributed by atoms with E-state index in [9.17, 15) is 4.79 Å². The van der Waals surface area contributed by atoms with Crippen molar-refractivity contribution >= 4 is 40.4 Å². The summed E-state index contributed by atoms with van der Waals surface area (Å²) in [5.41, 5.74) is 2.66. The van der Waals surface area contributed by atoms with E-state index in [1.165, 1.54) is 11.8 Å². The molecule has 0 aliphatic carbocycles. The molecular weight excluding hydrogens is 514 g/mol. The summed E-state index contributed by atoms with van der Waals surface area (Å²) >= 11 is 1.34. The van der Waals surface area contributed by atoms with Crippen LogP contribution < -0.4 is 18.9 Å². The highest BCUT2D eigenvalue weighted by Crippen LogP contribution is 2.38. The summed E-state index contributed by atoms with van der Waals surface area (Å²) in [5.74, 6) is 2.14. The Morgan fingerprint density at radius 3 is 2.51 bits per heavy atom. The number of amides is 1. The van der Waals surface area contributed by atoms with Gasteiger partial charge in [0.2, 0.25) is 0 Å². The Kier molecular flexibility index (Phi) is 7.98. The standard InChI is InChI=1S/C30H27N3O5S/c1-3-36-27-17-20(12-13-26(27)38-15-14-37-23-11-7-10-22(18-23)35-2)16-24-28(31)33-25(21-8-5-4-6-9-21)19-39-30(33)32-29(24)34/h4-13,16-19,31H,3,14-15H2,1-2H3/b24-16-,31-28?. The smallest absolute Gasteiger partial charge is 0.283 e. The Morgan fingerprint density at radius 1 is 0.923 bits per heavy atom. The monoisotopic (exact) mass is 541 g/mol. The Hall–Kier alpha value is -4.50. The van der Waals surface area contributed by atoms with Crippen LogP contribution in [0.15, 0.2) is 88.8 Å². The number of benzene rings is 3. The van der Waals surface area contributed by atoms with Crippen LogP contribution in [0.25, 0.3) is 11.8 Å². The second-order valence-corrected chi connectivity index (χ2v) is 9.28. The first-order chi connectivity index (χ1) is 19.1. The van der Waals surface area contributed by atoms with Crippen molar-refractivity contribution in [3.63, 3.8) is 0 Å². The van der Waals surface area contributed by atoms with Gasteiger partial charge in [-0.25, -0.2) is 0 Å². The van der Waals surface area contributed by atoms with Gasteiger partial charge in [0.1, 0.15) is 30.5 Å². The van der Waals surface area contributed by atoms with Crippen LogP contribution in [0.4, 0.5) is 0 Å². The van der Waals surface area contributed by atoms with E-state index in [0.717, 1.165) is 17.0 Å². The van der Waals surface area contributed by atoms with Crippen molar-refractivity contribution in [2.24, 2.45) is 4.99 Å². The maximum Gasteiger partial charge on any atom is 0.283 e. The largest absolute Gasteiger partial charge is 0.497 e. The van der Waals surface area contributed by atoms with Crippen molar-refractivity contribution in [3.05, 3.63) is 94.9 Å². The molecule has 1 amide bonds. The van der Waals surface area contributed by atoms with E-state index in [4.69, 9.17) is 24.4 Å². The number of amidine groups is 2. The van der Waals surface area contributed by atoms with Gasteiger partial charge in [-0.05, 0) is 48.4 Å². The minimum absolute atomic E-state index is 0.0816. The second-order valence-electron chi connectivity index (χ2n) is 8.44. The fraction of sp³-hybridized carbons (Fsp3) is 0.167. The molecule has 2 aliphatic rings. The average Bonchev–Trinajstić information content (AvgIpc) is 3.39. The Morgan fingerprint density at radius 2 is 1.72 bits per heavy atom. The number of methoxy groups -OCH3 is 1. The lowest BCUT2D eigenvalue weighted by atomic mass is 10.1. The molecule has 0 saturated carbocycles. The van der Waals surface area contributed by atoms with Crippen molar-refractivity contribution < 1.29 is 23.7 Å². The maximum atomic E-state index is 12.9. The highest BCUT2D eigenvalue weighted by molar-refractivity contribution is 8.17. The third kappa shape index (κ3) is 5.83. The molecule has 5 rings (SSSR count). The SMILES string of the molecule is CCOc1cc(/C=C2/C(=N)N3C(c4ccccc4)=CSC3=NC2=O)ccc1OCCOc1cccc(OC)c1. The highest BCUT2D eigenvalue weighted by Gasteiger charge is 2.36. The van der Waals surface area contributed by atoms with Gasteiger partial charge in [0, 0.05) is 11.5 Å². The van der Waals surface area contributed by atoms with Crippen LogP contribution in [0.3, 0.4) is 0 Å². The van der Waals surface area contributed by atoms with Crippen molar-refractivity contribution in [2.75, 3.05) is 26.9 Å². The van der Waals surface area contributed by atoms with Crippen LogP contribution in [0.2, 0.25) is 0 Å². The van der Waals surface area contributed by atoms with Gasteiger partial charge in [-0.2, -0.15) is 4.99 Å². The van der Waals surface area contributed by atoms with Gasteiger partial charge < -0.3 is 18.9 Å². The summed E-state index contributed by atoms with van der Waals surface area (Å²) in [6.45, 7) is 2.97. The number of nitrogens with one attached hydrogen (secondary N) is 1. The maximum absolute atomic E-state index is 12.9. The van der Waals surface area contributed by atoms with Crippen LogP contribution >= 0.6 is 11.8 Å². The third-order valence-electron chi connectivity index (χ3n) is 5.91. The Labute approximate surface area is 231 Å². The van der Waals surface area contributed by atoms with E-state index >= 15 is 0 Å². The number of ether oxygens (including phenoxy) is 4. The molecule has 0 saturated heterocycles. The molecule has 8 nitrogen and oxygen atoms in total. The molecule has 0 fully saturated rings. The fourth-order valence-corrected chi connectivity index (χ4v) is 4.97. The predicted molar refractivity (Wildman–Crippen MR) is 154 cm³/mol. The molecule has 39 heavy (non-hydrogen) atoms. The van der Waals surface area contributed by atoms with Crippen LogP contribution in [-0.4, -0.2) is 48.7 Å². The number of nitrogens with zero attached hydrogens (tertiary/aromatic N) is 2. The van der Waals surface area contributed by atoms with E-state index < -0.39 is 5.91 Å². The molecule has 2 aliphatic heterocycles. The highest BCUT2D eigenvalue weighted by atomic mass is 32.2. The number of hydrogen-bond acceptors (Lipinski definition) is 7. The zero-order valence-electron chi connectivity index (χ0n) is 21.5. The van der Waals surface area contributed by atoms with Crippen LogP contribution in [0.1, 0.15) is 18.1 Å². The van der Waals surface area contributed by atoms with Gasteiger partial charge in [0.25, 0.3) is 5.91 Å². The number of aliphatic imine (C=N–C) groups is 1. The van der Waals surface area contributed by atoms with Gasteiger partial charge >= 0.3 is 0 Å². The molecule has 0 aromatic heterocycles. The molecule has 198 valence electrons. The quantitative estimate of drug-likeness (QED) is 0.254. The second kappa shape index (κ2) is 11.9. The zero-order chi connectivity index (χ0) is 27.2. The van der Waals surface area contributed by atoms with E-state index in [1.54, 1.807) is 30.2 Å². The topological polar surface area (TPSA) is 93.4 Å². The van der Waals surface area contributed by atoms with Gasteiger partial charge in [-0.1, -0.05) is 54.2 Å². The molecule has 3 aromatic carbocycles. The van der Waals surface area contributed by atoms with Crippen molar-refractivity contribution in [1.29, 1.82) is 5.41 Å². The zero-order valence-corrected chi connectivity index (χ0v) is 22.4. The number of rotatable bonds is 10. The first-order valence-corrected chi connectivity index (χ1v) is 13.3. The normalized spacial score (nSPS) is 15.5. The molecule has 9 heteroatoms. The lowest BCUT2D eigenvalue weighted by Crippen LogP contribution is -2.38. The molecule has 3 aromatic rings. The van der Waals surface area contributed by atoms with Crippen molar-refractivity contribution in [2.45, 2.75) is 6.92 Å². The molecule has 0 atom stereocenters. The molecule has 0 spiro atoms. The molecule has 1 N–H and O–H groups in total. The number of carbonyl (C=O) groups is 1. The van der Waals surface area contributed by atoms with Crippen molar-refractivity contribution in [1.82, 2.24) is 4.90 Å². The van der Waals surface area contributed by atoms with Gasteiger partial charge in [0.15, 0.2) is 16.7 Å². The summed E-state index contributed by atoms with van der Waals surface area (Å²) in [6.07, 6.45) is 1.66. The van der Waals surface area contributed by atoms with Gasteiger partial charge in [0.05, 0.1) is 25.0 Å². The Balaban J connectivity index is 1.31. The van der Waals surface area contributed by atoms with Crippen LogP contribution in [0, 0.1) is 5.41 Å². The van der Waals surface area contributed by atoms with E-state index in [2.05, 4.69) is 4.99 Å². The number of thioether (sulfide) groups is 1. The lowest BCUT2D eigenvalue weighted by molar-refractivity contribution is -0.114. The fourth-order valence-electron chi connectivity index (χ4n) is 4.09. The molecule has 0 bridgehead atoms. The average molecular weight is 542 g/mol. The summed E-state index contributed by atoms with van der Waals surface area (Å²) in [7, 11) is 1.61. The Bertz CT molecular complexity index is 1480. The van der Waals surface area contributed by atoms with Crippen LogP contribution in [0.5, 0.6) is 23.0 Å². The molecule has 0 unspecified atom stereocenters. The molecule has 0 radical (unpaired) electrons. The first-order valence-electron chi connectivity index (χ1n) is 12.4. The summed E-state index contributed by atoms with van der Waals surface area (Å²) in [6, 6.07) is 22.5. The van der Waals surface area contributed by atoms with E-state index in [1.807, 2.05) is 73.0 Å². The minimum atomic E-state index is -0.450. The van der Waals surface area contributed by atoms with Crippen LogP contribution in [-0.2, 0) is 4.79 Å². The number of carbonyl (C=O) groups excluding carboxylic acids is 1. The number of hydrogen-bond donors (Lipinski definition) is 1. The molecular formula is C30H27N3O5S. The number of fused-ring (bicyclic) bond motifs is 1. The lowest BCUT2D eigenvalue weighted by Gasteiger charge is -2.27. The van der Waals surface area contributed by atoms with E-state index in [-0.39, 0.29) is 11.4 Å². The van der Waals surface area contributed by atoms with Gasteiger partial charge in [-0.15, -0.1) is 0 Å². The van der Waals surface area contributed by atoms with Crippen molar-refractivity contribution in [3.8, 4) is 23.0 Å². The predicted octanol–water partition coefficient (Wildman–Crippen LogP) is 5.86. The van der Waals surface area contributed by atoms with Gasteiger partial charge in [-0.3, -0.25) is 15.1 Å². The minimum Gasteiger partial charge on any atom is -0.497 e. The first kappa shape index (κ1) is 26.1.